The minimum Gasteiger partial charge on any atom is -0.352 e. The Morgan fingerprint density at radius 2 is 1.84 bits per heavy atom. The maximum Gasteiger partial charge on any atom is 0.242 e. The maximum atomic E-state index is 11.9. The second-order valence-corrected chi connectivity index (χ2v) is 4.90. The van der Waals surface area contributed by atoms with Gasteiger partial charge in [-0.05, 0) is 25.3 Å². The highest BCUT2D eigenvalue weighted by Crippen LogP contribution is 2.18. The Bertz CT molecular complexity index is 457. The summed E-state index contributed by atoms with van der Waals surface area (Å²) in [6.07, 6.45) is 2.05. The fourth-order valence-corrected chi connectivity index (χ4v) is 1.73. The van der Waals surface area contributed by atoms with Gasteiger partial charge in [0.1, 0.15) is 12.1 Å². The summed E-state index contributed by atoms with van der Waals surface area (Å²) < 4.78 is 0. The number of hydrogen-bond donors (Lipinski definition) is 3. The SMILES string of the molecule is CC(NC(=O)[C@@H](N)c1ccccc1)C(=O)NC1CC1. The Morgan fingerprint density at radius 3 is 2.42 bits per heavy atom. The fourth-order valence-electron chi connectivity index (χ4n) is 1.73. The minimum atomic E-state index is -0.752. The highest BCUT2D eigenvalue weighted by molar-refractivity contribution is 5.90. The van der Waals surface area contributed by atoms with E-state index < -0.39 is 12.1 Å². The summed E-state index contributed by atoms with van der Waals surface area (Å²) in [5, 5.41) is 5.48. The third-order valence-electron chi connectivity index (χ3n) is 3.12. The number of carbonyl (C=O) groups is 2. The van der Waals surface area contributed by atoms with Gasteiger partial charge >= 0.3 is 0 Å². The number of benzene rings is 1. The second-order valence-electron chi connectivity index (χ2n) is 4.90. The van der Waals surface area contributed by atoms with E-state index in [-0.39, 0.29) is 17.9 Å². The van der Waals surface area contributed by atoms with Crippen LogP contribution in [0.4, 0.5) is 0 Å². The molecule has 0 saturated heterocycles. The molecule has 0 spiro atoms. The van der Waals surface area contributed by atoms with E-state index in [1.165, 1.54) is 0 Å². The van der Waals surface area contributed by atoms with Gasteiger partial charge in [-0.1, -0.05) is 30.3 Å². The van der Waals surface area contributed by atoms with Crippen LogP contribution in [0.25, 0.3) is 0 Å². The molecule has 2 amide bonds. The summed E-state index contributed by atoms with van der Waals surface area (Å²) >= 11 is 0. The molecule has 2 rings (SSSR count). The van der Waals surface area contributed by atoms with Crippen molar-refractivity contribution in [2.45, 2.75) is 37.9 Å². The van der Waals surface area contributed by atoms with E-state index in [4.69, 9.17) is 5.73 Å². The average Bonchev–Trinajstić information content (AvgIpc) is 3.22. The van der Waals surface area contributed by atoms with Crippen molar-refractivity contribution in [2.75, 3.05) is 0 Å². The molecular weight excluding hydrogens is 242 g/mol. The van der Waals surface area contributed by atoms with Gasteiger partial charge in [-0.3, -0.25) is 9.59 Å². The Balaban J connectivity index is 1.87. The van der Waals surface area contributed by atoms with Gasteiger partial charge in [-0.25, -0.2) is 0 Å². The Labute approximate surface area is 112 Å². The van der Waals surface area contributed by atoms with Crippen LogP contribution in [0.5, 0.6) is 0 Å². The highest BCUT2D eigenvalue weighted by atomic mass is 16.2. The molecule has 0 heterocycles. The van der Waals surface area contributed by atoms with Crippen molar-refractivity contribution in [1.82, 2.24) is 10.6 Å². The molecule has 4 N–H and O–H groups in total. The summed E-state index contributed by atoms with van der Waals surface area (Å²) in [6.45, 7) is 1.66. The number of hydrogen-bond acceptors (Lipinski definition) is 3. The summed E-state index contributed by atoms with van der Waals surface area (Å²) in [4.78, 5) is 23.7. The molecule has 19 heavy (non-hydrogen) atoms. The summed E-state index contributed by atoms with van der Waals surface area (Å²) in [7, 11) is 0. The van der Waals surface area contributed by atoms with Gasteiger partial charge < -0.3 is 16.4 Å². The number of amides is 2. The van der Waals surface area contributed by atoms with Crippen molar-refractivity contribution in [3.05, 3.63) is 35.9 Å². The standard InChI is InChI=1S/C14H19N3O2/c1-9(13(18)17-11-7-8-11)16-14(19)12(15)10-5-3-2-4-6-10/h2-6,9,11-12H,7-8,15H2,1H3,(H,16,19)(H,17,18)/t9?,12-/m0/s1. The van der Waals surface area contributed by atoms with Crippen molar-refractivity contribution in [3.8, 4) is 0 Å². The molecule has 0 aliphatic heterocycles. The van der Waals surface area contributed by atoms with Crippen LogP contribution in [0.2, 0.25) is 0 Å². The van der Waals surface area contributed by atoms with E-state index in [9.17, 15) is 9.59 Å². The van der Waals surface area contributed by atoms with E-state index in [1.54, 1.807) is 19.1 Å². The molecule has 1 unspecified atom stereocenters. The Kier molecular flexibility index (Phi) is 4.16. The number of nitrogens with one attached hydrogen (secondary N) is 2. The first-order valence-electron chi connectivity index (χ1n) is 6.49. The smallest absolute Gasteiger partial charge is 0.242 e. The monoisotopic (exact) mass is 261 g/mol. The number of nitrogens with two attached hydrogens (primary N) is 1. The molecule has 0 bridgehead atoms. The minimum absolute atomic E-state index is 0.156. The predicted octanol–water partition coefficient (Wildman–Crippen LogP) is 0.470. The third kappa shape index (κ3) is 3.79. The van der Waals surface area contributed by atoms with E-state index in [0.717, 1.165) is 18.4 Å². The predicted molar refractivity (Wildman–Crippen MR) is 72.1 cm³/mol. The lowest BCUT2D eigenvalue weighted by atomic mass is 10.1. The summed E-state index contributed by atoms with van der Waals surface area (Å²) in [5.41, 5.74) is 6.59. The topological polar surface area (TPSA) is 84.2 Å². The van der Waals surface area contributed by atoms with Crippen LogP contribution < -0.4 is 16.4 Å². The molecule has 5 nitrogen and oxygen atoms in total. The van der Waals surface area contributed by atoms with Gasteiger partial charge in [-0.15, -0.1) is 0 Å². The molecule has 1 aromatic carbocycles. The zero-order chi connectivity index (χ0) is 13.8. The number of rotatable bonds is 5. The van der Waals surface area contributed by atoms with Crippen LogP contribution in [-0.4, -0.2) is 23.9 Å². The van der Waals surface area contributed by atoms with Crippen molar-refractivity contribution in [1.29, 1.82) is 0 Å². The van der Waals surface area contributed by atoms with Gasteiger partial charge in [0.05, 0.1) is 0 Å². The molecule has 0 aromatic heterocycles. The van der Waals surface area contributed by atoms with Crippen molar-refractivity contribution < 1.29 is 9.59 Å². The Hall–Kier alpha value is -1.88. The molecule has 1 aromatic rings. The zero-order valence-electron chi connectivity index (χ0n) is 10.9. The van der Waals surface area contributed by atoms with Crippen molar-refractivity contribution in [3.63, 3.8) is 0 Å². The average molecular weight is 261 g/mol. The molecule has 102 valence electrons. The van der Waals surface area contributed by atoms with E-state index in [2.05, 4.69) is 10.6 Å². The fraction of sp³-hybridized carbons (Fsp3) is 0.429. The second kappa shape index (κ2) is 5.84. The first-order chi connectivity index (χ1) is 9.08. The van der Waals surface area contributed by atoms with Gasteiger partial charge in [0.15, 0.2) is 0 Å². The van der Waals surface area contributed by atoms with Crippen LogP contribution >= 0.6 is 0 Å². The molecule has 1 fully saturated rings. The van der Waals surface area contributed by atoms with Crippen LogP contribution in [0.3, 0.4) is 0 Å². The van der Waals surface area contributed by atoms with Crippen molar-refractivity contribution in [2.24, 2.45) is 5.73 Å². The Morgan fingerprint density at radius 1 is 1.21 bits per heavy atom. The summed E-state index contributed by atoms with van der Waals surface area (Å²) in [5.74, 6) is -0.499. The highest BCUT2D eigenvalue weighted by Gasteiger charge is 2.27. The van der Waals surface area contributed by atoms with Gasteiger partial charge in [0.2, 0.25) is 11.8 Å². The lowest BCUT2D eigenvalue weighted by molar-refractivity contribution is -0.129. The lowest BCUT2D eigenvalue weighted by Gasteiger charge is -2.17. The molecular formula is C14H19N3O2. The first-order valence-corrected chi connectivity index (χ1v) is 6.49. The van der Waals surface area contributed by atoms with Crippen LogP contribution in [-0.2, 0) is 9.59 Å². The lowest BCUT2D eigenvalue weighted by Crippen LogP contribution is -2.48. The van der Waals surface area contributed by atoms with Gasteiger partial charge in [0.25, 0.3) is 0 Å². The normalized spacial score (nSPS) is 17.4. The molecule has 5 heteroatoms. The van der Waals surface area contributed by atoms with E-state index in [1.807, 2.05) is 18.2 Å². The molecule has 1 aliphatic rings. The molecule has 1 aliphatic carbocycles. The largest absolute Gasteiger partial charge is 0.352 e. The van der Waals surface area contributed by atoms with Gasteiger partial charge in [0, 0.05) is 6.04 Å². The zero-order valence-corrected chi connectivity index (χ0v) is 10.9. The van der Waals surface area contributed by atoms with Crippen LogP contribution in [0.1, 0.15) is 31.4 Å². The van der Waals surface area contributed by atoms with E-state index >= 15 is 0 Å². The van der Waals surface area contributed by atoms with E-state index in [0.29, 0.717) is 0 Å². The third-order valence-corrected chi connectivity index (χ3v) is 3.12. The van der Waals surface area contributed by atoms with Crippen LogP contribution in [0, 0.1) is 0 Å². The molecule has 2 atom stereocenters. The van der Waals surface area contributed by atoms with Crippen molar-refractivity contribution >= 4 is 11.8 Å². The first kappa shape index (κ1) is 13.5. The molecule has 0 radical (unpaired) electrons. The van der Waals surface area contributed by atoms with Crippen LogP contribution in [0.15, 0.2) is 30.3 Å². The molecule has 1 saturated carbocycles. The summed E-state index contributed by atoms with van der Waals surface area (Å²) in [6, 6.07) is 8.06. The number of carbonyl (C=O) groups excluding carboxylic acids is 2. The maximum absolute atomic E-state index is 11.9. The van der Waals surface area contributed by atoms with Gasteiger partial charge in [-0.2, -0.15) is 0 Å². The quantitative estimate of drug-likeness (QED) is 0.720.